The molecule has 0 spiro atoms. The molecular formula is C16H12N4O2. The van der Waals surface area contributed by atoms with Crippen LogP contribution < -0.4 is 11.2 Å². The van der Waals surface area contributed by atoms with Crippen molar-refractivity contribution in [1.29, 1.82) is 0 Å². The van der Waals surface area contributed by atoms with E-state index in [1.807, 2.05) is 30.3 Å². The quantitative estimate of drug-likeness (QED) is 0.607. The highest BCUT2D eigenvalue weighted by atomic mass is 16.2. The van der Waals surface area contributed by atoms with Crippen LogP contribution in [-0.2, 0) is 6.54 Å². The van der Waals surface area contributed by atoms with Crippen LogP contribution in [0.25, 0.3) is 16.7 Å². The Bertz CT molecular complexity index is 1090. The van der Waals surface area contributed by atoms with E-state index in [9.17, 15) is 9.59 Å². The van der Waals surface area contributed by atoms with Gasteiger partial charge in [0.05, 0.1) is 17.4 Å². The number of nitrogens with zero attached hydrogens (tertiary/aromatic N) is 3. The van der Waals surface area contributed by atoms with Gasteiger partial charge in [0, 0.05) is 0 Å². The lowest BCUT2D eigenvalue weighted by Gasteiger charge is -2.09. The molecule has 0 aliphatic heterocycles. The predicted octanol–water partition coefficient (Wildman–Crippen LogP) is 1.39. The molecule has 0 unspecified atom stereocenters. The summed E-state index contributed by atoms with van der Waals surface area (Å²) in [7, 11) is 0. The first-order valence-electron chi connectivity index (χ1n) is 6.88. The second-order valence-electron chi connectivity index (χ2n) is 5.06. The molecule has 0 radical (unpaired) electrons. The fraction of sp³-hybridized carbons (Fsp3) is 0.0625. The van der Waals surface area contributed by atoms with E-state index in [0.29, 0.717) is 23.2 Å². The van der Waals surface area contributed by atoms with Crippen LogP contribution >= 0.6 is 0 Å². The van der Waals surface area contributed by atoms with E-state index < -0.39 is 0 Å². The van der Waals surface area contributed by atoms with E-state index in [2.05, 4.69) is 10.2 Å². The van der Waals surface area contributed by atoms with Crippen molar-refractivity contribution in [3.05, 3.63) is 81.0 Å². The number of hydrogen-bond acceptors (Lipinski definition) is 3. The zero-order valence-corrected chi connectivity index (χ0v) is 11.6. The molecule has 0 aliphatic rings. The Morgan fingerprint density at radius 1 is 0.955 bits per heavy atom. The zero-order chi connectivity index (χ0) is 15.1. The number of hydrogen-bond donors (Lipinski definition) is 1. The van der Waals surface area contributed by atoms with Gasteiger partial charge in [-0.15, -0.1) is 5.10 Å². The minimum absolute atomic E-state index is 0.161. The number of H-pyrrole nitrogens is 1. The molecule has 4 rings (SSSR count). The molecule has 1 N–H and O–H groups in total. The molecule has 2 aromatic heterocycles. The van der Waals surface area contributed by atoms with Crippen molar-refractivity contribution >= 4 is 16.7 Å². The lowest BCUT2D eigenvalue weighted by molar-refractivity contribution is 0.766. The van der Waals surface area contributed by atoms with Gasteiger partial charge in [-0.1, -0.05) is 42.5 Å². The maximum atomic E-state index is 12.7. The molecule has 6 nitrogen and oxygen atoms in total. The number of benzene rings is 2. The zero-order valence-electron chi connectivity index (χ0n) is 11.6. The van der Waals surface area contributed by atoms with Crippen molar-refractivity contribution in [1.82, 2.24) is 19.2 Å². The van der Waals surface area contributed by atoms with E-state index in [1.54, 1.807) is 24.3 Å². The van der Waals surface area contributed by atoms with Crippen molar-refractivity contribution in [3.63, 3.8) is 0 Å². The average Bonchev–Trinajstić information content (AvgIpc) is 2.94. The molecule has 0 saturated heterocycles. The summed E-state index contributed by atoms with van der Waals surface area (Å²) in [5.41, 5.74) is 1.02. The summed E-state index contributed by atoms with van der Waals surface area (Å²) in [4.78, 5) is 24.8. The van der Waals surface area contributed by atoms with Gasteiger partial charge in [0.1, 0.15) is 0 Å². The molecule has 6 heteroatoms. The highest BCUT2D eigenvalue weighted by molar-refractivity contribution is 5.79. The summed E-state index contributed by atoms with van der Waals surface area (Å²) in [6.45, 7) is 0.359. The van der Waals surface area contributed by atoms with Gasteiger partial charge in [0.2, 0.25) is 5.78 Å². The standard InChI is InChI=1S/C16H12N4O2/c21-14-12-8-4-5-9-13(12)20-15(17-18-16(20)22)19(14)10-11-6-2-1-3-7-11/h1-9H,10H2,(H,18,22). The Morgan fingerprint density at radius 2 is 1.68 bits per heavy atom. The summed E-state index contributed by atoms with van der Waals surface area (Å²) in [5.74, 6) is 0.317. The van der Waals surface area contributed by atoms with Crippen molar-refractivity contribution in [2.24, 2.45) is 0 Å². The first-order valence-corrected chi connectivity index (χ1v) is 6.88. The fourth-order valence-corrected chi connectivity index (χ4v) is 2.68. The van der Waals surface area contributed by atoms with Crippen LogP contribution in [0.3, 0.4) is 0 Å². The van der Waals surface area contributed by atoms with Gasteiger partial charge < -0.3 is 0 Å². The third-order valence-corrected chi connectivity index (χ3v) is 3.70. The molecule has 0 atom stereocenters. The van der Waals surface area contributed by atoms with Gasteiger partial charge in [-0.3, -0.25) is 9.36 Å². The lowest BCUT2D eigenvalue weighted by atomic mass is 10.2. The first-order chi connectivity index (χ1) is 10.8. The molecule has 2 heterocycles. The minimum Gasteiger partial charge on any atom is -0.272 e. The van der Waals surface area contributed by atoms with Gasteiger partial charge in [0.25, 0.3) is 5.56 Å². The second kappa shape index (κ2) is 4.70. The van der Waals surface area contributed by atoms with Crippen LogP contribution in [0.5, 0.6) is 0 Å². The minimum atomic E-state index is -0.354. The molecule has 4 aromatic rings. The van der Waals surface area contributed by atoms with E-state index in [4.69, 9.17) is 0 Å². The molecule has 0 bridgehead atoms. The van der Waals surface area contributed by atoms with Crippen molar-refractivity contribution in [2.75, 3.05) is 0 Å². The normalized spacial score (nSPS) is 11.3. The number of fused-ring (bicyclic) bond motifs is 3. The average molecular weight is 292 g/mol. The molecule has 0 amide bonds. The van der Waals surface area contributed by atoms with Crippen LogP contribution in [0.1, 0.15) is 5.56 Å². The summed E-state index contributed by atoms with van der Waals surface area (Å²) in [6.07, 6.45) is 0. The Kier molecular flexibility index (Phi) is 2.69. The van der Waals surface area contributed by atoms with E-state index in [-0.39, 0.29) is 11.2 Å². The van der Waals surface area contributed by atoms with Crippen LogP contribution in [0.15, 0.2) is 64.2 Å². The third kappa shape index (κ3) is 1.77. The van der Waals surface area contributed by atoms with Crippen molar-refractivity contribution in [3.8, 4) is 0 Å². The highest BCUT2D eigenvalue weighted by Gasteiger charge is 2.14. The van der Waals surface area contributed by atoms with Gasteiger partial charge in [-0.2, -0.15) is 0 Å². The van der Waals surface area contributed by atoms with Crippen LogP contribution in [0.2, 0.25) is 0 Å². The van der Waals surface area contributed by atoms with E-state index in [0.717, 1.165) is 5.56 Å². The summed E-state index contributed by atoms with van der Waals surface area (Å²) >= 11 is 0. The first kappa shape index (κ1) is 12.6. The van der Waals surface area contributed by atoms with Crippen LogP contribution in [-0.4, -0.2) is 19.2 Å². The monoisotopic (exact) mass is 292 g/mol. The summed E-state index contributed by atoms with van der Waals surface area (Å²) < 4.78 is 2.94. The largest absolute Gasteiger partial charge is 0.349 e. The topological polar surface area (TPSA) is 72.2 Å². The summed E-state index contributed by atoms with van der Waals surface area (Å²) in [5, 5.41) is 6.93. The molecule has 2 aromatic carbocycles. The Morgan fingerprint density at radius 3 is 2.50 bits per heavy atom. The van der Waals surface area contributed by atoms with Crippen LogP contribution in [0, 0.1) is 0 Å². The van der Waals surface area contributed by atoms with Gasteiger partial charge in [-0.05, 0) is 17.7 Å². The van der Waals surface area contributed by atoms with E-state index >= 15 is 0 Å². The Balaban J connectivity index is 2.10. The van der Waals surface area contributed by atoms with Crippen LogP contribution in [0.4, 0.5) is 0 Å². The maximum absolute atomic E-state index is 12.7. The smallest absolute Gasteiger partial charge is 0.272 e. The van der Waals surface area contributed by atoms with Gasteiger partial charge in [-0.25, -0.2) is 14.3 Å². The third-order valence-electron chi connectivity index (χ3n) is 3.70. The van der Waals surface area contributed by atoms with E-state index in [1.165, 1.54) is 8.97 Å². The van der Waals surface area contributed by atoms with Crippen molar-refractivity contribution in [2.45, 2.75) is 6.54 Å². The Labute approximate surface area is 124 Å². The molecule has 0 aliphatic carbocycles. The molecular weight excluding hydrogens is 280 g/mol. The molecule has 0 saturated carbocycles. The number of aromatic nitrogens is 4. The SMILES string of the molecule is O=c1c2ccccc2n2c(=O)[nH]nc2n1Cc1ccccc1. The maximum Gasteiger partial charge on any atom is 0.349 e. The molecule has 108 valence electrons. The van der Waals surface area contributed by atoms with Gasteiger partial charge in [0.15, 0.2) is 0 Å². The number of para-hydroxylation sites is 1. The number of aromatic amines is 1. The molecule has 22 heavy (non-hydrogen) atoms. The van der Waals surface area contributed by atoms with Crippen molar-refractivity contribution < 1.29 is 0 Å². The fourth-order valence-electron chi connectivity index (χ4n) is 2.68. The number of nitrogens with one attached hydrogen (secondary N) is 1. The Hall–Kier alpha value is -3.15. The lowest BCUT2D eigenvalue weighted by Crippen LogP contribution is -2.25. The predicted molar refractivity (Wildman–Crippen MR) is 83.1 cm³/mol. The number of rotatable bonds is 2. The second-order valence-corrected chi connectivity index (χ2v) is 5.06. The molecule has 0 fully saturated rings. The van der Waals surface area contributed by atoms with Gasteiger partial charge >= 0.3 is 5.69 Å². The summed E-state index contributed by atoms with van der Waals surface area (Å²) in [6, 6.07) is 16.7. The highest BCUT2D eigenvalue weighted by Crippen LogP contribution is 2.11.